The van der Waals surface area contributed by atoms with Gasteiger partial charge in [0.25, 0.3) is 5.92 Å². The first-order valence-corrected chi connectivity index (χ1v) is 8.06. The fourth-order valence-electron chi connectivity index (χ4n) is 2.37. The predicted octanol–water partition coefficient (Wildman–Crippen LogP) is 3.03. The summed E-state index contributed by atoms with van der Waals surface area (Å²) in [7, 11) is 0. The molecule has 126 valence electrons. The quantitative estimate of drug-likeness (QED) is 0.855. The van der Waals surface area contributed by atoms with Crippen LogP contribution in [-0.4, -0.2) is 35.9 Å². The van der Waals surface area contributed by atoms with Gasteiger partial charge >= 0.3 is 0 Å². The Balaban J connectivity index is 0.00000192. The Morgan fingerprint density at radius 1 is 1.52 bits per heavy atom. The van der Waals surface area contributed by atoms with E-state index in [0.29, 0.717) is 18.0 Å². The lowest BCUT2D eigenvalue weighted by molar-refractivity contribution is -0.123. The van der Waals surface area contributed by atoms with Crippen LogP contribution in [0.25, 0.3) is 10.2 Å². The Hall–Kier alpha value is -1.02. The number of fused-ring (bicyclic) bond motifs is 1. The Morgan fingerprint density at radius 2 is 2.30 bits per heavy atom. The monoisotopic (exact) mass is 381 g/mol. The summed E-state index contributed by atoms with van der Waals surface area (Å²) < 4.78 is 27.1. The minimum absolute atomic E-state index is 0. The van der Waals surface area contributed by atoms with Crippen LogP contribution in [0.15, 0.2) is 18.2 Å². The van der Waals surface area contributed by atoms with E-state index in [1.54, 1.807) is 12.1 Å². The molecule has 1 atom stereocenters. The lowest BCUT2D eigenvalue weighted by Crippen LogP contribution is -2.41. The maximum atomic E-state index is 13.0. The minimum atomic E-state index is -2.80. The first kappa shape index (κ1) is 18.3. The van der Waals surface area contributed by atoms with Crippen LogP contribution in [0.4, 0.5) is 8.78 Å². The molecular formula is C14H15Cl2F2N3OS. The molecule has 4 nitrogen and oxygen atoms in total. The molecule has 3 rings (SSSR count). The molecule has 1 aliphatic rings. The van der Waals surface area contributed by atoms with Gasteiger partial charge in [0.15, 0.2) is 0 Å². The number of alkyl halides is 2. The Labute approximate surface area is 147 Å². The van der Waals surface area contributed by atoms with Crippen LogP contribution in [0.5, 0.6) is 0 Å². The van der Waals surface area contributed by atoms with E-state index in [0.717, 1.165) is 15.2 Å². The molecule has 1 saturated heterocycles. The van der Waals surface area contributed by atoms with E-state index in [4.69, 9.17) is 11.6 Å². The van der Waals surface area contributed by atoms with Crippen molar-refractivity contribution in [3.8, 4) is 0 Å². The van der Waals surface area contributed by atoms with E-state index in [1.165, 1.54) is 11.3 Å². The van der Waals surface area contributed by atoms with Crippen LogP contribution >= 0.6 is 35.3 Å². The smallest absolute Gasteiger partial charge is 0.262 e. The van der Waals surface area contributed by atoms with Crippen LogP contribution < -0.4 is 10.6 Å². The molecule has 0 bridgehead atoms. The molecule has 0 radical (unpaired) electrons. The van der Waals surface area contributed by atoms with Crippen molar-refractivity contribution in [1.29, 1.82) is 0 Å². The molecule has 0 spiro atoms. The van der Waals surface area contributed by atoms with Crippen molar-refractivity contribution in [1.82, 2.24) is 15.6 Å². The number of hydrogen-bond acceptors (Lipinski definition) is 4. The normalized spacial score (nSPS) is 19.5. The fourth-order valence-corrected chi connectivity index (χ4v) is 3.49. The molecule has 1 unspecified atom stereocenters. The van der Waals surface area contributed by atoms with Crippen LogP contribution in [0.3, 0.4) is 0 Å². The van der Waals surface area contributed by atoms with Gasteiger partial charge in [-0.05, 0) is 18.2 Å². The molecule has 9 heteroatoms. The summed E-state index contributed by atoms with van der Waals surface area (Å²) in [5, 5.41) is 6.71. The Bertz CT molecular complexity index is 710. The third-order valence-corrected chi connectivity index (χ3v) is 4.79. The van der Waals surface area contributed by atoms with E-state index >= 15 is 0 Å². The van der Waals surface area contributed by atoms with Gasteiger partial charge in [-0.2, -0.15) is 0 Å². The van der Waals surface area contributed by atoms with Gasteiger partial charge in [0, 0.05) is 24.4 Å². The first-order chi connectivity index (χ1) is 10.4. The summed E-state index contributed by atoms with van der Waals surface area (Å²) >= 11 is 7.44. The van der Waals surface area contributed by atoms with Gasteiger partial charge in [0.1, 0.15) is 0 Å². The molecule has 1 aromatic heterocycles. The number of carbonyl (C=O) groups is 1. The summed E-state index contributed by atoms with van der Waals surface area (Å²) in [6.07, 6.45) is 0.115. The fraction of sp³-hybridized carbons (Fsp3) is 0.429. The van der Waals surface area contributed by atoms with E-state index in [1.807, 2.05) is 6.07 Å². The van der Waals surface area contributed by atoms with Gasteiger partial charge < -0.3 is 5.32 Å². The molecular weight excluding hydrogens is 367 g/mol. The van der Waals surface area contributed by atoms with Crippen molar-refractivity contribution in [2.45, 2.75) is 24.8 Å². The van der Waals surface area contributed by atoms with Gasteiger partial charge in [-0.3, -0.25) is 10.1 Å². The molecule has 0 saturated carbocycles. The number of rotatable bonds is 4. The van der Waals surface area contributed by atoms with Crippen molar-refractivity contribution in [2.75, 3.05) is 13.1 Å². The summed E-state index contributed by atoms with van der Waals surface area (Å²) in [6.45, 7) is -0.0696. The number of benzene rings is 1. The molecule has 2 N–H and O–H groups in total. The standard InChI is InChI=1S/C14H14ClF2N3OS.ClH/c15-8-1-2-11-9(5-8)20-12(22-11)3-4-18-13(21)10-6-14(16,17)7-19-10;/h1-2,5,10,19H,3-4,6-7H2,(H,18,21);1H. The maximum absolute atomic E-state index is 13.0. The molecule has 1 aliphatic heterocycles. The van der Waals surface area contributed by atoms with Gasteiger partial charge in [0.05, 0.1) is 27.8 Å². The lowest BCUT2D eigenvalue weighted by Gasteiger charge is -2.10. The number of hydrogen-bond donors (Lipinski definition) is 2. The largest absolute Gasteiger partial charge is 0.354 e. The summed E-state index contributed by atoms with van der Waals surface area (Å²) in [5.41, 5.74) is 0.830. The summed E-state index contributed by atoms with van der Waals surface area (Å²) in [4.78, 5) is 16.2. The van der Waals surface area contributed by atoms with E-state index in [-0.39, 0.29) is 18.3 Å². The Morgan fingerprint density at radius 3 is 3.00 bits per heavy atom. The number of thiazole rings is 1. The third-order valence-electron chi connectivity index (χ3n) is 3.46. The number of amides is 1. The summed E-state index contributed by atoms with van der Waals surface area (Å²) in [5.74, 6) is -3.18. The highest BCUT2D eigenvalue weighted by Crippen LogP contribution is 2.26. The van der Waals surface area contributed by atoms with Crippen LogP contribution in [0.1, 0.15) is 11.4 Å². The van der Waals surface area contributed by atoms with Crippen LogP contribution in [0.2, 0.25) is 5.02 Å². The number of halogens is 4. The van der Waals surface area contributed by atoms with E-state index < -0.39 is 24.9 Å². The van der Waals surface area contributed by atoms with Crippen molar-refractivity contribution in [3.63, 3.8) is 0 Å². The SMILES string of the molecule is Cl.O=C(NCCc1nc2cc(Cl)ccc2s1)C1CC(F)(F)CN1. The highest BCUT2D eigenvalue weighted by atomic mass is 35.5. The zero-order valence-electron chi connectivity index (χ0n) is 11.9. The molecule has 1 aromatic carbocycles. The average Bonchev–Trinajstić information content (AvgIpc) is 3.01. The number of nitrogens with one attached hydrogen (secondary N) is 2. The molecule has 2 aromatic rings. The van der Waals surface area contributed by atoms with Gasteiger partial charge in [-0.25, -0.2) is 13.8 Å². The van der Waals surface area contributed by atoms with Crippen molar-refractivity contribution >= 4 is 51.5 Å². The van der Waals surface area contributed by atoms with Crippen LogP contribution in [-0.2, 0) is 11.2 Å². The van der Waals surface area contributed by atoms with Crippen LogP contribution in [0, 0.1) is 0 Å². The van der Waals surface area contributed by atoms with Crippen molar-refractivity contribution in [2.24, 2.45) is 0 Å². The zero-order chi connectivity index (χ0) is 15.7. The Kier molecular flexibility index (Phi) is 5.78. The lowest BCUT2D eigenvalue weighted by atomic mass is 10.2. The second kappa shape index (κ2) is 7.25. The van der Waals surface area contributed by atoms with Crippen molar-refractivity contribution < 1.29 is 13.6 Å². The van der Waals surface area contributed by atoms with Crippen molar-refractivity contribution in [3.05, 3.63) is 28.2 Å². The highest BCUT2D eigenvalue weighted by molar-refractivity contribution is 7.18. The van der Waals surface area contributed by atoms with Gasteiger partial charge in [-0.15, -0.1) is 23.7 Å². The van der Waals surface area contributed by atoms with Gasteiger partial charge in [-0.1, -0.05) is 11.6 Å². The molecule has 1 fully saturated rings. The molecule has 1 amide bonds. The third kappa shape index (κ3) is 4.50. The minimum Gasteiger partial charge on any atom is -0.354 e. The number of nitrogens with zero attached hydrogens (tertiary/aromatic N) is 1. The molecule has 2 heterocycles. The molecule has 0 aliphatic carbocycles. The van der Waals surface area contributed by atoms with Gasteiger partial charge in [0.2, 0.25) is 5.91 Å². The first-order valence-electron chi connectivity index (χ1n) is 6.87. The average molecular weight is 382 g/mol. The number of carbonyl (C=O) groups excluding carboxylic acids is 1. The second-order valence-corrected chi connectivity index (χ2v) is 6.81. The molecule has 23 heavy (non-hydrogen) atoms. The zero-order valence-corrected chi connectivity index (χ0v) is 14.3. The second-order valence-electron chi connectivity index (χ2n) is 5.25. The van der Waals surface area contributed by atoms with E-state index in [9.17, 15) is 13.6 Å². The predicted molar refractivity (Wildman–Crippen MR) is 89.9 cm³/mol. The number of aromatic nitrogens is 1. The van der Waals surface area contributed by atoms with E-state index in [2.05, 4.69) is 15.6 Å². The summed E-state index contributed by atoms with van der Waals surface area (Å²) in [6, 6.07) is 4.69. The highest BCUT2D eigenvalue weighted by Gasteiger charge is 2.42. The maximum Gasteiger partial charge on any atom is 0.262 e. The topological polar surface area (TPSA) is 54.0 Å².